The summed E-state index contributed by atoms with van der Waals surface area (Å²) in [6.45, 7) is 1.94. The van der Waals surface area contributed by atoms with Gasteiger partial charge in [-0.25, -0.2) is 0 Å². The van der Waals surface area contributed by atoms with Crippen LogP contribution in [-0.2, 0) is 5.88 Å². The first-order valence-electron chi connectivity index (χ1n) is 4.51. The predicted molar refractivity (Wildman–Crippen MR) is 65.7 cm³/mol. The highest BCUT2D eigenvalue weighted by Gasteiger charge is 2.07. The van der Waals surface area contributed by atoms with Gasteiger partial charge in [-0.2, -0.15) is 0 Å². The summed E-state index contributed by atoms with van der Waals surface area (Å²) in [5.74, 6) is 1.03. The molecular weight excluding hydrogens is 267 g/mol. The first kappa shape index (κ1) is 11.6. The van der Waals surface area contributed by atoms with Gasteiger partial charge in [0.15, 0.2) is 0 Å². The molecule has 0 aliphatic heterocycles. The number of hydrogen-bond acceptors (Lipinski definition) is 4. The number of benzene rings is 1. The molecule has 0 bridgehead atoms. The van der Waals surface area contributed by atoms with Crippen LogP contribution < -0.4 is 4.74 Å². The average molecular weight is 275 g/mol. The molecule has 2 rings (SSSR count). The summed E-state index contributed by atoms with van der Waals surface area (Å²) in [6, 6.07) is 5.45. The van der Waals surface area contributed by atoms with E-state index in [4.69, 9.17) is 27.9 Å². The normalized spacial score (nSPS) is 10.4. The molecule has 3 nitrogen and oxygen atoms in total. The summed E-state index contributed by atoms with van der Waals surface area (Å²) in [5, 5.41) is 9.57. The van der Waals surface area contributed by atoms with Gasteiger partial charge in [0.05, 0.1) is 5.88 Å². The second-order valence-corrected chi connectivity index (χ2v) is 4.84. The van der Waals surface area contributed by atoms with Crippen molar-refractivity contribution in [3.8, 4) is 10.9 Å². The maximum absolute atomic E-state index is 5.88. The summed E-state index contributed by atoms with van der Waals surface area (Å²) in [7, 11) is 0. The topological polar surface area (TPSA) is 35.0 Å². The van der Waals surface area contributed by atoms with Crippen molar-refractivity contribution in [2.45, 2.75) is 12.8 Å². The molecule has 0 aliphatic carbocycles. The van der Waals surface area contributed by atoms with Gasteiger partial charge in [-0.15, -0.1) is 16.7 Å². The molecule has 1 aromatic carbocycles. The molecule has 0 aliphatic rings. The lowest BCUT2D eigenvalue weighted by molar-refractivity contribution is 0.469. The smallest absolute Gasteiger partial charge is 0.299 e. The molecule has 84 valence electrons. The van der Waals surface area contributed by atoms with E-state index in [-0.39, 0.29) is 0 Å². The van der Waals surface area contributed by atoms with E-state index in [2.05, 4.69) is 10.2 Å². The maximum atomic E-state index is 5.88. The Balaban J connectivity index is 2.22. The lowest BCUT2D eigenvalue weighted by Gasteiger charge is -2.04. The Kier molecular flexibility index (Phi) is 3.63. The molecule has 0 saturated carbocycles. The van der Waals surface area contributed by atoms with E-state index in [9.17, 15) is 0 Å². The fourth-order valence-corrected chi connectivity index (χ4v) is 2.04. The number of hydrogen-bond donors (Lipinski definition) is 0. The molecule has 0 radical (unpaired) electrons. The highest BCUT2D eigenvalue weighted by molar-refractivity contribution is 7.13. The lowest BCUT2D eigenvalue weighted by Crippen LogP contribution is -1.86. The molecule has 0 spiro atoms. The average Bonchev–Trinajstić information content (AvgIpc) is 2.71. The Morgan fingerprint density at radius 1 is 1.38 bits per heavy atom. The fraction of sp³-hybridized carbons (Fsp3) is 0.200. The monoisotopic (exact) mass is 274 g/mol. The van der Waals surface area contributed by atoms with E-state index < -0.39 is 0 Å². The van der Waals surface area contributed by atoms with Crippen LogP contribution in [0.2, 0.25) is 5.02 Å². The van der Waals surface area contributed by atoms with E-state index >= 15 is 0 Å². The van der Waals surface area contributed by atoms with Crippen molar-refractivity contribution < 1.29 is 4.74 Å². The first-order valence-corrected chi connectivity index (χ1v) is 6.24. The molecule has 0 unspecified atom stereocenters. The molecule has 0 atom stereocenters. The summed E-state index contributed by atoms with van der Waals surface area (Å²) in [4.78, 5) is 0. The largest absolute Gasteiger partial charge is 0.429 e. The van der Waals surface area contributed by atoms with Crippen molar-refractivity contribution >= 4 is 34.5 Å². The standard InChI is InChI=1S/C10H8Cl2N2OS/c1-6-2-3-7(12)4-8(6)15-10-14-13-9(5-11)16-10/h2-4H,5H2,1H3. The number of aromatic nitrogens is 2. The molecule has 0 amide bonds. The second-order valence-electron chi connectivity index (χ2n) is 3.11. The van der Waals surface area contributed by atoms with Gasteiger partial charge < -0.3 is 4.74 Å². The van der Waals surface area contributed by atoms with Crippen LogP contribution in [0.3, 0.4) is 0 Å². The molecule has 6 heteroatoms. The van der Waals surface area contributed by atoms with Gasteiger partial charge in [0.2, 0.25) is 0 Å². The van der Waals surface area contributed by atoms with Crippen molar-refractivity contribution in [2.75, 3.05) is 0 Å². The van der Waals surface area contributed by atoms with Gasteiger partial charge in [-0.3, -0.25) is 0 Å². The van der Waals surface area contributed by atoms with E-state index in [1.807, 2.05) is 19.1 Å². The van der Waals surface area contributed by atoms with Gasteiger partial charge >= 0.3 is 0 Å². The van der Waals surface area contributed by atoms with Crippen molar-refractivity contribution in [1.29, 1.82) is 0 Å². The molecule has 0 saturated heterocycles. The second kappa shape index (κ2) is 4.99. The van der Waals surface area contributed by atoms with E-state index in [1.165, 1.54) is 11.3 Å². The Bertz CT molecular complexity index is 501. The van der Waals surface area contributed by atoms with Crippen molar-refractivity contribution in [3.05, 3.63) is 33.8 Å². The predicted octanol–water partition coefficient (Wildman–Crippen LogP) is 4.03. The molecule has 2 aromatic rings. The van der Waals surface area contributed by atoms with E-state index in [0.717, 1.165) is 10.6 Å². The van der Waals surface area contributed by atoms with Crippen molar-refractivity contribution in [3.63, 3.8) is 0 Å². The number of nitrogens with zero attached hydrogens (tertiary/aromatic N) is 2. The van der Waals surface area contributed by atoms with Crippen LogP contribution in [0.1, 0.15) is 10.6 Å². The summed E-state index contributed by atoms with van der Waals surface area (Å²) >= 11 is 12.8. The zero-order chi connectivity index (χ0) is 11.5. The van der Waals surface area contributed by atoms with Crippen LogP contribution in [0.5, 0.6) is 10.9 Å². The Morgan fingerprint density at radius 3 is 2.88 bits per heavy atom. The molecule has 0 N–H and O–H groups in total. The van der Waals surface area contributed by atoms with Crippen LogP contribution in [-0.4, -0.2) is 10.2 Å². The fourth-order valence-electron chi connectivity index (χ4n) is 1.11. The van der Waals surface area contributed by atoms with Gasteiger partial charge in [0.1, 0.15) is 10.8 Å². The maximum Gasteiger partial charge on any atom is 0.299 e. The van der Waals surface area contributed by atoms with Crippen LogP contribution in [0.15, 0.2) is 18.2 Å². The quantitative estimate of drug-likeness (QED) is 0.793. The Labute approximate surface area is 107 Å². The minimum absolute atomic E-state index is 0.343. The summed E-state index contributed by atoms with van der Waals surface area (Å²) in [5.41, 5.74) is 0.993. The molecule has 1 aromatic heterocycles. The zero-order valence-corrected chi connectivity index (χ0v) is 10.7. The van der Waals surface area contributed by atoms with Gasteiger partial charge in [-0.05, 0) is 24.6 Å². The third-order valence-electron chi connectivity index (χ3n) is 1.91. The van der Waals surface area contributed by atoms with E-state index in [0.29, 0.717) is 21.8 Å². The van der Waals surface area contributed by atoms with E-state index in [1.54, 1.807) is 6.07 Å². The van der Waals surface area contributed by atoms with Gasteiger partial charge in [0.25, 0.3) is 5.19 Å². The van der Waals surface area contributed by atoms with Crippen molar-refractivity contribution in [2.24, 2.45) is 0 Å². The minimum atomic E-state index is 0.343. The van der Waals surface area contributed by atoms with Crippen LogP contribution in [0.25, 0.3) is 0 Å². The summed E-state index contributed by atoms with van der Waals surface area (Å²) < 4.78 is 5.57. The molecule has 16 heavy (non-hydrogen) atoms. The highest BCUT2D eigenvalue weighted by atomic mass is 35.5. The number of ether oxygens (including phenoxy) is 1. The Morgan fingerprint density at radius 2 is 2.19 bits per heavy atom. The van der Waals surface area contributed by atoms with Crippen LogP contribution >= 0.6 is 34.5 Å². The molecular formula is C10H8Cl2N2OS. The van der Waals surface area contributed by atoms with Crippen LogP contribution in [0.4, 0.5) is 0 Å². The molecule has 0 fully saturated rings. The SMILES string of the molecule is Cc1ccc(Cl)cc1Oc1nnc(CCl)s1. The number of alkyl halides is 1. The highest BCUT2D eigenvalue weighted by Crippen LogP contribution is 2.29. The first-order chi connectivity index (χ1) is 7.69. The number of halogens is 2. The number of aryl methyl sites for hydroxylation is 1. The van der Waals surface area contributed by atoms with Crippen molar-refractivity contribution in [1.82, 2.24) is 10.2 Å². The summed E-state index contributed by atoms with van der Waals surface area (Å²) in [6.07, 6.45) is 0. The third-order valence-corrected chi connectivity index (χ3v) is 3.36. The van der Waals surface area contributed by atoms with Gasteiger partial charge in [-0.1, -0.05) is 34.1 Å². The zero-order valence-electron chi connectivity index (χ0n) is 8.41. The lowest BCUT2D eigenvalue weighted by atomic mass is 10.2. The van der Waals surface area contributed by atoms with Crippen LogP contribution in [0, 0.1) is 6.92 Å². The Hall–Kier alpha value is -0.840. The molecule has 1 heterocycles. The minimum Gasteiger partial charge on any atom is -0.429 e. The number of rotatable bonds is 3. The third kappa shape index (κ3) is 2.64. The van der Waals surface area contributed by atoms with Gasteiger partial charge in [0, 0.05) is 5.02 Å².